The summed E-state index contributed by atoms with van der Waals surface area (Å²) in [6.45, 7) is -0.0549. The topological polar surface area (TPSA) is 74.1 Å². The van der Waals surface area contributed by atoms with Crippen LogP contribution < -0.4 is 0 Å². The van der Waals surface area contributed by atoms with E-state index in [0.717, 1.165) is 4.90 Å². The molecule has 0 unspecified atom stereocenters. The highest BCUT2D eigenvalue weighted by molar-refractivity contribution is 6.31. The van der Waals surface area contributed by atoms with Gasteiger partial charge < -0.3 is 0 Å². The number of halogens is 1. The van der Waals surface area contributed by atoms with E-state index in [1.807, 2.05) is 6.07 Å². The van der Waals surface area contributed by atoms with E-state index in [9.17, 15) is 9.59 Å². The molecule has 0 bridgehead atoms. The minimum Gasteiger partial charge on any atom is -0.269 e. The van der Waals surface area contributed by atoms with Gasteiger partial charge in [-0.1, -0.05) is 23.7 Å². The van der Waals surface area contributed by atoms with Crippen LogP contribution in [0.1, 0.15) is 32.1 Å². The normalized spacial score (nSPS) is 13.2. The minimum absolute atomic E-state index is 0.0549. The van der Waals surface area contributed by atoms with Crippen LogP contribution in [-0.2, 0) is 6.54 Å². The number of pyridine rings is 1. The van der Waals surface area contributed by atoms with E-state index in [1.54, 1.807) is 24.3 Å². The van der Waals surface area contributed by atoms with Crippen LogP contribution in [-0.4, -0.2) is 21.7 Å². The first-order valence-electron chi connectivity index (χ1n) is 6.12. The van der Waals surface area contributed by atoms with Crippen LogP contribution in [0.5, 0.6) is 0 Å². The predicted molar refractivity (Wildman–Crippen MR) is 74.6 cm³/mol. The average Bonchev–Trinajstić information content (AvgIpc) is 2.75. The van der Waals surface area contributed by atoms with Gasteiger partial charge in [-0.3, -0.25) is 14.5 Å². The molecule has 5 nitrogen and oxygen atoms in total. The van der Waals surface area contributed by atoms with Crippen LogP contribution in [0.25, 0.3) is 0 Å². The van der Waals surface area contributed by atoms with Crippen molar-refractivity contribution in [2.75, 3.05) is 0 Å². The van der Waals surface area contributed by atoms with E-state index in [-0.39, 0.29) is 24.1 Å². The van der Waals surface area contributed by atoms with Gasteiger partial charge >= 0.3 is 0 Å². The third-order valence-corrected chi connectivity index (χ3v) is 3.56. The number of hydrogen-bond donors (Lipinski definition) is 0. The summed E-state index contributed by atoms with van der Waals surface area (Å²) < 4.78 is 0. The van der Waals surface area contributed by atoms with Gasteiger partial charge in [0.1, 0.15) is 11.8 Å². The van der Waals surface area contributed by atoms with E-state index >= 15 is 0 Å². The molecular weight excluding hydrogens is 290 g/mol. The van der Waals surface area contributed by atoms with E-state index in [0.29, 0.717) is 21.8 Å². The monoisotopic (exact) mass is 297 g/mol. The largest absolute Gasteiger partial charge is 0.269 e. The summed E-state index contributed by atoms with van der Waals surface area (Å²) in [5.41, 5.74) is 1.25. The zero-order valence-electron chi connectivity index (χ0n) is 10.7. The Morgan fingerprint density at radius 3 is 2.29 bits per heavy atom. The minimum atomic E-state index is -0.379. The van der Waals surface area contributed by atoms with E-state index in [2.05, 4.69) is 4.98 Å². The molecule has 0 spiro atoms. The highest BCUT2D eigenvalue weighted by atomic mass is 35.5. The molecule has 2 aromatic rings. The SMILES string of the molecule is N#Cc1ccc(Cl)c(CN2C(=O)c3ccccc3C2=O)n1. The maximum atomic E-state index is 12.2. The molecule has 0 atom stereocenters. The lowest BCUT2D eigenvalue weighted by Gasteiger charge is -2.14. The number of amides is 2. The lowest BCUT2D eigenvalue weighted by molar-refractivity contribution is 0.0640. The molecule has 0 aliphatic carbocycles. The zero-order valence-corrected chi connectivity index (χ0v) is 11.5. The fraction of sp³-hybridized carbons (Fsp3) is 0.0667. The van der Waals surface area contributed by atoms with Crippen LogP contribution in [0.15, 0.2) is 36.4 Å². The Morgan fingerprint density at radius 2 is 1.71 bits per heavy atom. The Bertz CT molecular complexity index is 776. The number of fused-ring (bicyclic) bond motifs is 1. The number of benzene rings is 1. The number of aromatic nitrogens is 1. The van der Waals surface area contributed by atoms with Crippen LogP contribution >= 0.6 is 11.6 Å². The first-order chi connectivity index (χ1) is 10.1. The standard InChI is InChI=1S/C15H8ClN3O2/c16-12-6-5-9(7-17)18-13(12)8-19-14(20)10-3-1-2-4-11(10)15(19)21/h1-6H,8H2. The first kappa shape index (κ1) is 13.3. The van der Waals surface area contributed by atoms with E-state index < -0.39 is 0 Å². The predicted octanol–water partition coefficient (Wildman–Crippen LogP) is 2.40. The van der Waals surface area contributed by atoms with Crippen LogP contribution in [0.2, 0.25) is 5.02 Å². The van der Waals surface area contributed by atoms with Crippen molar-refractivity contribution in [2.45, 2.75) is 6.54 Å². The lowest BCUT2D eigenvalue weighted by atomic mass is 10.1. The van der Waals surface area contributed by atoms with Crippen molar-refractivity contribution in [3.63, 3.8) is 0 Å². The van der Waals surface area contributed by atoms with Crippen molar-refractivity contribution in [1.29, 1.82) is 5.26 Å². The van der Waals surface area contributed by atoms with Crippen LogP contribution in [0, 0.1) is 11.3 Å². The summed E-state index contributed by atoms with van der Waals surface area (Å²) in [6, 6.07) is 11.5. The second-order valence-corrected chi connectivity index (χ2v) is 4.89. The number of carbonyl (C=O) groups is 2. The number of nitriles is 1. The van der Waals surface area contributed by atoms with Gasteiger partial charge in [-0.2, -0.15) is 5.26 Å². The molecule has 102 valence electrons. The second kappa shape index (κ2) is 5.00. The molecule has 3 rings (SSSR count). The third-order valence-electron chi connectivity index (χ3n) is 3.22. The van der Waals surface area contributed by atoms with Gasteiger partial charge in [-0.25, -0.2) is 4.98 Å². The van der Waals surface area contributed by atoms with Gasteiger partial charge in [0.25, 0.3) is 11.8 Å². The van der Waals surface area contributed by atoms with Gasteiger partial charge in [0.05, 0.1) is 28.4 Å². The molecule has 2 amide bonds. The fourth-order valence-corrected chi connectivity index (χ4v) is 2.36. The summed E-state index contributed by atoms with van der Waals surface area (Å²) in [5.74, 6) is -0.758. The third kappa shape index (κ3) is 2.16. The van der Waals surface area contributed by atoms with Crippen molar-refractivity contribution in [1.82, 2.24) is 9.88 Å². The summed E-state index contributed by atoms with van der Waals surface area (Å²) in [7, 11) is 0. The van der Waals surface area contributed by atoms with E-state index in [4.69, 9.17) is 16.9 Å². The van der Waals surface area contributed by atoms with Gasteiger partial charge in [0, 0.05) is 0 Å². The Hall–Kier alpha value is -2.71. The molecule has 1 aliphatic heterocycles. The van der Waals surface area contributed by atoms with Crippen molar-refractivity contribution in [3.8, 4) is 6.07 Å². The average molecular weight is 298 g/mol. The Balaban J connectivity index is 1.96. The molecular formula is C15H8ClN3O2. The molecule has 0 N–H and O–H groups in total. The smallest absolute Gasteiger partial charge is 0.261 e. The van der Waals surface area contributed by atoms with Crippen LogP contribution in [0.4, 0.5) is 0 Å². The van der Waals surface area contributed by atoms with Crippen molar-refractivity contribution in [2.24, 2.45) is 0 Å². The molecule has 1 aromatic heterocycles. The van der Waals surface area contributed by atoms with Crippen LogP contribution in [0.3, 0.4) is 0 Å². The number of carbonyl (C=O) groups excluding carboxylic acids is 2. The van der Waals surface area contributed by atoms with Gasteiger partial charge in [-0.15, -0.1) is 0 Å². The van der Waals surface area contributed by atoms with Gasteiger partial charge in [0.2, 0.25) is 0 Å². The highest BCUT2D eigenvalue weighted by Crippen LogP contribution is 2.25. The molecule has 1 aliphatic rings. The Labute approximate surface area is 125 Å². The molecule has 21 heavy (non-hydrogen) atoms. The number of nitrogens with zero attached hydrogens (tertiary/aromatic N) is 3. The number of rotatable bonds is 2. The fourth-order valence-electron chi connectivity index (χ4n) is 2.19. The maximum Gasteiger partial charge on any atom is 0.261 e. The van der Waals surface area contributed by atoms with Crippen molar-refractivity contribution in [3.05, 3.63) is 63.9 Å². The summed E-state index contributed by atoms with van der Waals surface area (Å²) in [6.07, 6.45) is 0. The number of hydrogen-bond acceptors (Lipinski definition) is 4. The molecule has 2 heterocycles. The summed E-state index contributed by atoms with van der Waals surface area (Å²) in [5, 5.41) is 9.17. The highest BCUT2D eigenvalue weighted by Gasteiger charge is 2.35. The molecule has 0 fully saturated rings. The van der Waals surface area contributed by atoms with Gasteiger partial charge in [0.15, 0.2) is 0 Å². The van der Waals surface area contributed by atoms with E-state index in [1.165, 1.54) is 12.1 Å². The molecule has 0 saturated carbocycles. The second-order valence-electron chi connectivity index (χ2n) is 4.48. The quantitative estimate of drug-likeness (QED) is 0.798. The first-order valence-corrected chi connectivity index (χ1v) is 6.50. The van der Waals surface area contributed by atoms with Crippen molar-refractivity contribution >= 4 is 23.4 Å². The molecule has 0 saturated heterocycles. The maximum absolute atomic E-state index is 12.2. The van der Waals surface area contributed by atoms with Crippen molar-refractivity contribution < 1.29 is 9.59 Å². The molecule has 0 radical (unpaired) electrons. The summed E-state index contributed by atoms with van der Waals surface area (Å²) in [4.78, 5) is 29.6. The van der Waals surface area contributed by atoms with Gasteiger partial charge in [-0.05, 0) is 24.3 Å². The zero-order chi connectivity index (χ0) is 15.0. The molecule has 6 heteroatoms. The summed E-state index contributed by atoms with van der Waals surface area (Å²) >= 11 is 6.02. The lowest BCUT2D eigenvalue weighted by Crippen LogP contribution is -2.29. The molecule has 1 aromatic carbocycles. The number of imide groups is 1. The Morgan fingerprint density at radius 1 is 1.10 bits per heavy atom. The Kier molecular flexibility index (Phi) is 3.16.